The minimum Gasteiger partial charge on any atom is -0.506 e. The zero-order chi connectivity index (χ0) is 44.8. The van der Waals surface area contributed by atoms with Gasteiger partial charge in [0.15, 0.2) is 13.9 Å². The van der Waals surface area contributed by atoms with Gasteiger partial charge in [0.1, 0.15) is 24.2 Å². The summed E-state index contributed by atoms with van der Waals surface area (Å²) >= 11 is 8.11. The number of amides is 1. The number of aromatic nitrogens is 1. The number of methoxy groups -OCH3 is 1. The zero-order valence-electron chi connectivity index (χ0n) is 37.0. The Morgan fingerprint density at radius 1 is 1.05 bits per heavy atom. The Labute approximate surface area is 374 Å². The van der Waals surface area contributed by atoms with Crippen LogP contribution in [0, 0.1) is 5.92 Å². The van der Waals surface area contributed by atoms with Crippen molar-refractivity contribution in [2.75, 3.05) is 39.2 Å². The number of hydrogen-bond donors (Lipinski definition) is 5. The smallest absolute Gasteiger partial charge is 0.411 e. The van der Waals surface area contributed by atoms with E-state index in [-0.39, 0.29) is 41.0 Å². The number of likely N-dealkylation sites (N-methyl/N-ethyl adjacent to an activating group) is 1. The van der Waals surface area contributed by atoms with E-state index in [2.05, 4.69) is 54.4 Å². The topological polar surface area (TPSA) is 172 Å². The van der Waals surface area contributed by atoms with Crippen LogP contribution in [0.2, 0.25) is 23.2 Å². The van der Waals surface area contributed by atoms with E-state index >= 15 is 0 Å². The summed E-state index contributed by atoms with van der Waals surface area (Å²) in [6.45, 7) is 12.3. The molecule has 0 radical (unpaired) electrons. The molecule has 0 aliphatic heterocycles. The third-order valence-corrected chi connectivity index (χ3v) is 18.9. The lowest BCUT2D eigenvalue weighted by Crippen LogP contribution is -2.45. The number of phenols is 1. The zero-order valence-corrected chi connectivity index (χ0v) is 39.5. The molecule has 2 aromatic carbocycles. The van der Waals surface area contributed by atoms with Crippen LogP contribution in [0.4, 0.5) is 10.5 Å². The second kappa shape index (κ2) is 20.3. The number of hydrogen-bond acceptors (Lipinski definition) is 12. The Hall–Kier alpha value is -3.96. The van der Waals surface area contributed by atoms with Crippen LogP contribution in [0.15, 0.2) is 58.7 Å². The highest BCUT2D eigenvalue weighted by atomic mass is 35.5. The molecule has 2 aliphatic carbocycles. The molecule has 4 aromatic rings. The predicted molar refractivity (Wildman–Crippen MR) is 247 cm³/mol. The first-order valence-electron chi connectivity index (χ1n) is 21.6. The van der Waals surface area contributed by atoms with Crippen molar-refractivity contribution in [3.05, 3.63) is 85.3 Å². The van der Waals surface area contributed by atoms with E-state index in [0.717, 1.165) is 49.7 Å². The lowest BCUT2D eigenvalue weighted by molar-refractivity contribution is -0.180. The number of nitrogens with zero attached hydrogens (tertiary/aromatic N) is 1. The van der Waals surface area contributed by atoms with Gasteiger partial charge in [0, 0.05) is 59.6 Å². The Bertz CT molecular complexity index is 2220. The van der Waals surface area contributed by atoms with Crippen molar-refractivity contribution in [2.45, 2.75) is 121 Å². The highest BCUT2D eigenvalue weighted by molar-refractivity contribution is 7.10. The van der Waals surface area contributed by atoms with E-state index in [1.807, 2.05) is 30.6 Å². The van der Waals surface area contributed by atoms with Gasteiger partial charge in [0.05, 0.1) is 29.4 Å². The van der Waals surface area contributed by atoms with Crippen molar-refractivity contribution in [1.29, 1.82) is 0 Å². The van der Waals surface area contributed by atoms with Gasteiger partial charge in [0.2, 0.25) is 5.56 Å². The Morgan fingerprint density at radius 2 is 1.77 bits per heavy atom. The number of aromatic amines is 1. The molecule has 2 saturated carbocycles. The Balaban J connectivity index is 0.994. The summed E-state index contributed by atoms with van der Waals surface area (Å²) in [5.41, 5.74) is 0.416. The molecule has 1 amide bonds. The molecule has 0 bridgehead atoms. The number of carbonyl (C=O) groups excluding carboxylic acids is 2. The molecule has 62 heavy (non-hydrogen) atoms. The summed E-state index contributed by atoms with van der Waals surface area (Å²) in [6.07, 6.45) is 5.38. The number of ether oxygens (including phenoxy) is 3. The maximum absolute atomic E-state index is 13.5. The number of fused-ring (bicyclic) bond motifs is 1. The van der Waals surface area contributed by atoms with E-state index in [9.17, 15) is 24.6 Å². The fourth-order valence-corrected chi connectivity index (χ4v) is 10.8. The lowest BCUT2D eigenvalue weighted by Gasteiger charge is -2.39. The number of pyridine rings is 1. The molecule has 16 heteroatoms. The van der Waals surface area contributed by atoms with Gasteiger partial charge in [0.25, 0.3) is 0 Å². The number of anilines is 1. The third kappa shape index (κ3) is 11.0. The standard InChI is InChI=1S/C46H63ClN4O9SSi/c1-45(2,3)62(6,7)60-39(33-18-20-37(52)42-34(33)19-21-41(53)50-42)28-48-27-29-25-35(47)36(26-38(29)57-5)49-44(55)58-23-22-51(4)31-14-16-32(17-15-31)59-43(54)46(56,30-11-8-9-12-30)40-13-10-24-61-40/h10,13,18-21,24-26,30-32,39,48,52,56H,8-9,11-12,14-17,22-23,27-28H2,1-7H3,(H,49,55)(H,50,53)/t31?,32?,39-,46-/m1/s1. The van der Waals surface area contributed by atoms with Gasteiger partial charge in [-0.3, -0.25) is 10.1 Å². The van der Waals surface area contributed by atoms with Crippen molar-refractivity contribution in [3.8, 4) is 11.5 Å². The van der Waals surface area contributed by atoms with Crippen molar-refractivity contribution < 1.29 is 38.4 Å². The number of halogens is 1. The minimum absolute atomic E-state index is 0.0136. The van der Waals surface area contributed by atoms with Gasteiger partial charge in [-0.15, -0.1) is 11.3 Å². The number of rotatable bonds is 17. The maximum Gasteiger partial charge on any atom is 0.411 e. The Kier molecular flexibility index (Phi) is 15.5. The van der Waals surface area contributed by atoms with E-state index in [1.54, 1.807) is 31.4 Å². The van der Waals surface area contributed by atoms with Gasteiger partial charge in [-0.1, -0.05) is 57.3 Å². The molecule has 6 rings (SSSR count). The van der Waals surface area contributed by atoms with E-state index in [0.29, 0.717) is 64.7 Å². The quantitative estimate of drug-likeness (QED) is 0.0505. The minimum atomic E-state index is -2.29. The first-order chi connectivity index (χ1) is 29.4. The molecular weight excluding hydrogens is 848 g/mol. The monoisotopic (exact) mass is 910 g/mol. The van der Waals surface area contributed by atoms with Crippen LogP contribution in [-0.2, 0) is 30.8 Å². The number of aromatic hydroxyl groups is 1. The Morgan fingerprint density at radius 3 is 2.44 bits per heavy atom. The number of benzene rings is 2. The van der Waals surface area contributed by atoms with E-state index in [4.69, 9.17) is 30.2 Å². The summed E-state index contributed by atoms with van der Waals surface area (Å²) in [5, 5.41) is 31.3. The predicted octanol–water partition coefficient (Wildman–Crippen LogP) is 9.22. The van der Waals surface area contributed by atoms with Crippen LogP contribution in [0.5, 0.6) is 11.5 Å². The molecule has 0 saturated heterocycles. The lowest BCUT2D eigenvalue weighted by atomic mass is 9.84. The number of nitrogens with one attached hydrogen (secondary N) is 3. The number of thiophene rings is 1. The molecule has 5 N–H and O–H groups in total. The van der Waals surface area contributed by atoms with E-state index in [1.165, 1.54) is 17.4 Å². The fraction of sp³-hybridized carbons (Fsp3) is 0.543. The number of H-pyrrole nitrogens is 1. The summed E-state index contributed by atoms with van der Waals surface area (Å²) in [6, 6.07) is 13.9. The molecule has 338 valence electrons. The summed E-state index contributed by atoms with van der Waals surface area (Å²) in [7, 11) is 1.26. The van der Waals surface area contributed by atoms with Gasteiger partial charge in [-0.25, -0.2) is 9.59 Å². The van der Waals surface area contributed by atoms with E-state index < -0.39 is 32.1 Å². The molecule has 2 heterocycles. The second-order valence-corrected chi connectivity index (χ2v) is 24.3. The average Bonchev–Trinajstić information content (AvgIpc) is 3.98. The number of carbonyl (C=O) groups is 2. The number of phenolic OH excluding ortho intramolecular Hbond substituents is 1. The highest BCUT2D eigenvalue weighted by Gasteiger charge is 2.49. The van der Waals surface area contributed by atoms with Gasteiger partial charge >= 0.3 is 12.1 Å². The molecule has 2 fully saturated rings. The van der Waals surface area contributed by atoms with Crippen molar-refractivity contribution in [2.24, 2.45) is 5.92 Å². The van der Waals surface area contributed by atoms with Crippen molar-refractivity contribution in [1.82, 2.24) is 15.2 Å². The summed E-state index contributed by atoms with van der Waals surface area (Å²) in [5.74, 6) is -0.143. The van der Waals surface area contributed by atoms with Crippen LogP contribution >= 0.6 is 22.9 Å². The first kappa shape index (κ1) is 47.5. The van der Waals surface area contributed by atoms with Crippen LogP contribution < -0.4 is 20.9 Å². The van der Waals surface area contributed by atoms with Gasteiger partial charge in [-0.2, -0.15) is 0 Å². The maximum atomic E-state index is 13.5. The van der Waals surface area contributed by atoms with Gasteiger partial charge in [-0.05, 0) is 98.9 Å². The number of aliphatic hydroxyl groups is 1. The molecular formula is C46H63ClN4O9SSi. The fourth-order valence-electron chi connectivity index (χ4n) is 8.41. The SMILES string of the molecule is COc1cc(NC(=O)OCCN(C)C2CCC(OC(=O)[C@](O)(c3cccs3)C3CCCC3)CC2)c(Cl)cc1CNC[C@@H](O[Si](C)(C)C(C)(C)C)c1ccc(O)c2[nH]c(=O)ccc12. The molecule has 0 unspecified atom stereocenters. The summed E-state index contributed by atoms with van der Waals surface area (Å²) in [4.78, 5) is 44.1. The third-order valence-electron chi connectivity index (χ3n) is 13.1. The molecule has 0 spiro atoms. The largest absolute Gasteiger partial charge is 0.506 e. The first-order valence-corrected chi connectivity index (χ1v) is 25.8. The normalized spacial score (nSPS) is 19.0. The molecule has 2 aliphatic rings. The van der Waals surface area contributed by atoms with Crippen LogP contribution in [0.25, 0.3) is 10.9 Å². The second-order valence-electron chi connectivity index (χ2n) is 18.2. The summed E-state index contributed by atoms with van der Waals surface area (Å²) < 4.78 is 24.2. The van der Waals surface area contributed by atoms with Gasteiger partial charge < -0.3 is 44.1 Å². The molecule has 13 nitrogen and oxygen atoms in total. The number of esters is 1. The average molecular weight is 912 g/mol. The molecule has 2 aromatic heterocycles. The van der Waals surface area contributed by atoms with Crippen LogP contribution in [-0.4, -0.2) is 86.5 Å². The highest BCUT2D eigenvalue weighted by Crippen LogP contribution is 2.44. The van der Waals surface area contributed by atoms with Crippen LogP contribution in [0.1, 0.15) is 94.2 Å². The van der Waals surface area contributed by atoms with Crippen molar-refractivity contribution >= 4 is 59.9 Å². The van der Waals surface area contributed by atoms with Crippen LogP contribution in [0.3, 0.4) is 0 Å². The molecule has 2 atom stereocenters. The van der Waals surface area contributed by atoms with Crippen molar-refractivity contribution in [3.63, 3.8) is 0 Å².